The lowest BCUT2D eigenvalue weighted by Gasteiger charge is -2.00. The molecule has 1 aliphatic rings. The standard InChI is InChI=1S/C10H18O3/c1-8(12)13-6-4-10-7-9(10)3-2-5-11/h9-11H,2-7H2,1H3/t9-,10+/m0/s1. The van der Waals surface area contributed by atoms with Crippen LogP contribution in [0.15, 0.2) is 0 Å². The summed E-state index contributed by atoms with van der Waals surface area (Å²) >= 11 is 0. The minimum absolute atomic E-state index is 0.187. The van der Waals surface area contributed by atoms with Crippen LogP contribution in [-0.2, 0) is 9.53 Å². The lowest BCUT2D eigenvalue weighted by molar-refractivity contribution is -0.141. The van der Waals surface area contributed by atoms with Crippen LogP contribution in [0.1, 0.15) is 32.6 Å². The average Bonchev–Trinajstić information content (AvgIpc) is 2.80. The second kappa shape index (κ2) is 5.22. The van der Waals surface area contributed by atoms with E-state index >= 15 is 0 Å². The number of carbonyl (C=O) groups excluding carboxylic acids is 1. The molecular weight excluding hydrogens is 168 g/mol. The highest BCUT2D eigenvalue weighted by Crippen LogP contribution is 2.44. The monoisotopic (exact) mass is 186 g/mol. The highest BCUT2D eigenvalue weighted by atomic mass is 16.5. The Bertz CT molecular complexity index is 168. The van der Waals surface area contributed by atoms with Gasteiger partial charge in [-0.05, 0) is 37.5 Å². The Morgan fingerprint density at radius 3 is 2.77 bits per heavy atom. The van der Waals surface area contributed by atoms with E-state index in [4.69, 9.17) is 9.84 Å². The zero-order valence-corrected chi connectivity index (χ0v) is 8.16. The minimum atomic E-state index is -0.187. The molecule has 0 aromatic heterocycles. The first-order chi connectivity index (χ1) is 6.24. The second-order valence-electron chi connectivity index (χ2n) is 3.75. The summed E-state index contributed by atoms with van der Waals surface area (Å²) in [4.78, 5) is 10.4. The summed E-state index contributed by atoms with van der Waals surface area (Å²) in [6.07, 6.45) is 4.28. The number of aliphatic hydroxyl groups is 1. The summed E-state index contributed by atoms with van der Waals surface area (Å²) in [5, 5.41) is 8.61. The third kappa shape index (κ3) is 4.27. The van der Waals surface area contributed by atoms with Crippen LogP contribution >= 0.6 is 0 Å². The van der Waals surface area contributed by atoms with E-state index in [1.54, 1.807) is 0 Å². The Morgan fingerprint density at radius 2 is 2.15 bits per heavy atom. The molecule has 2 atom stereocenters. The molecule has 1 saturated carbocycles. The molecule has 0 radical (unpaired) electrons. The molecule has 76 valence electrons. The molecule has 1 rings (SSSR count). The quantitative estimate of drug-likeness (QED) is 0.637. The molecule has 0 spiro atoms. The first-order valence-electron chi connectivity index (χ1n) is 4.98. The average molecular weight is 186 g/mol. The van der Waals surface area contributed by atoms with Crippen molar-refractivity contribution in [2.75, 3.05) is 13.2 Å². The summed E-state index contributed by atoms with van der Waals surface area (Å²) in [7, 11) is 0. The van der Waals surface area contributed by atoms with Gasteiger partial charge in [-0.15, -0.1) is 0 Å². The van der Waals surface area contributed by atoms with Gasteiger partial charge in [0, 0.05) is 13.5 Å². The number of ether oxygens (including phenoxy) is 1. The first-order valence-corrected chi connectivity index (χ1v) is 4.98. The third-order valence-corrected chi connectivity index (χ3v) is 2.60. The Kier molecular flexibility index (Phi) is 4.22. The number of hydrogen-bond acceptors (Lipinski definition) is 3. The SMILES string of the molecule is CC(=O)OCC[C@@H]1C[C@@H]1CCCO. The van der Waals surface area contributed by atoms with Gasteiger partial charge >= 0.3 is 5.97 Å². The van der Waals surface area contributed by atoms with E-state index in [1.807, 2.05) is 0 Å². The molecule has 0 saturated heterocycles. The van der Waals surface area contributed by atoms with Gasteiger partial charge in [-0.2, -0.15) is 0 Å². The Morgan fingerprint density at radius 1 is 1.46 bits per heavy atom. The van der Waals surface area contributed by atoms with Crippen molar-refractivity contribution < 1.29 is 14.6 Å². The van der Waals surface area contributed by atoms with E-state index in [9.17, 15) is 4.79 Å². The maximum Gasteiger partial charge on any atom is 0.302 e. The molecule has 0 aromatic rings. The number of rotatable bonds is 6. The molecule has 0 aliphatic heterocycles. The molecule has 13 heavy (non-hydrogen) atoms. The fraction of sp³-hybridized carbons (Fsp3) is 0.900. The van der Waals surface area contributed by atoms with Crippen LogP contribution in [0.3, 0.4) is 0 Å². The van der Waals surface area contributed by atoms with E-state index in [1.165, 1.54) is 13.3 Å². The van der Waals surface area contributed by atoms with Crippen LogP contribution in [0.25, 0.3) is 0 Å². The van der Waals surface area contributed by atoms with Crippen LogP contribution in [0.5, 0.6) is 0 Å². The van der Waals surface area contributed by atoms with E-state index in [0.29, 0.717) is 13.2 Å². The highest BCUT2D eigenvalue weighted by molar-refractivity contribution is 5.65. The van der Waals surface area contributed by atoms with Gasteiger partial charge in [0.25, 0.3) is 0 Å². The summed E-state index contributed by atoms with van der Waals surface area (Å²) in [5.41, 5.74) is 0. The molecule has 1 fully saturated rings. The van der Waals surface area contributed by atoms with Crippen molar-refractivity contribution in [2.24, 2.45) is 11.8 Å². The lowest BCUT2D eigenvalue weighted by atomic mass is 10.1. The number of aliphatic hydroxyl groups excluding tert-OH is 1. The van der Waals surface area contributed by atoms with Gasteiger partial charge in [0.1, 0.15) is 0 Å². The number of esters is 1. The largest absolute Gasteiger partial charge is 0.466 e. The number of hydrogen-bond donors (Lipinski definition) is 1. The molecule has 3 nitrogen and oxygen atoms in total. The van der Waals surface area contributed by atoms with Crippen molar-refractivity contribution in [2.45, 2.75) is 32.6 Å². The van der Waals surface area contributed by atoms with Crippen molar-refractivity contribution in [1.82, 2.24) is 0 Å². The molecule has 0 amide bonds. The molecule has 0 unspecified atom stereocenters. The third-order valence-electron chi connectivity index (χ3n) is 2.60. The van der Waals surface area contributed by atoms with E-state index in [2.05, 4.69) is 0 Å². The predicted molar refractivity (Wildman–Crippen MR) is 49.2 cm³/mol. The van der Waals surface area contributed by atoms with Crippen molar-refractivity contribution >= 4 is 5.97 Å². The van der Waals surface area contributed by atoms with Gasteiger partial charge in [0.15, 0.2) is 0 Å². The van der Waals surface area contributed by atoms with Crippen LogP contribution in [0.4, 0.5) is 0 Å². The van der Waals surface area contributed by atoms with Gasteiger partial charge < -0.3 is 9.84 Å². The fourth-order valence-electron chi connectivity index (χ4n) is 1.72. The zero-order chi connectivity index (χ0) is 9.68. The van der Waals surface area contributed by atoms with Crippen LogP contribution in [-0.4, -0.2) is 24.3 Å². The maximum atomic E-state index is 10.4. The molecule has 3 heteroatoms. The molecule has 1 N–H and O–H groups in total. The minimum Gasteiger partial charge on any atom is -0.466 e. The summed E-state index contributed by atoms with van der Waals surface area (Å²) < 4.78 is 4.86. The Balaban J connectivity index is 1.92. The Hall–Kier alpha value is -0.570. The second-order valence-corrected chi connectivity index (χ2v) is 3.75. The summed E-state index contributed by atoms with van der Waals surface area (Å²) in [5.74, 6) is 1.33. The lowest BCUT2D eigenvalue weighted by Crippen LogP contribution is -2.01. The Labute approximate surface area is 79.1 Å². The van der Waals surface area contributed by atoms with Gasteiger partial charge in [0.05, 0.1) is 6.61 Å². The van der Waals surface area contributed by atoms with Gasteiger partial charge in [0.2, 0.25) is 0 Å². The fourth-order valence-corrected chi connectivity index (χ4v) is 1.72. The van der Waals surface area contributed by atoms with Crippen molar-refractivity contribution in [3.05, 3.63) is 0 Å². The normalized spacial score (nSPS) is 25.7. The molecule has 1 aliphatic carbocycles. The maximum absolute atomic E-state index is 10.4. The van der Waals surface area contributed by atoms with Crippen molar-refractivity contribution in [3.8, 4) is 0 Å². The van der Waals surface area contributed by atoms with Crippen molar-refractivity contribution in [1.29, 1.82) is 0 Å². The van der Waals surface area contributed by atoms with Gasteiger partial charge in [-0.25, -0.2) is 0 Å². The molecule has 0 heterocycles. The van der Waals surface area contributed by atoms with E-state index in [-0.39, 0.29) is 5.97 Å². The van der Waals surface area contributed by atoms with Crippen molar-refractivity contribution in [3.63, 3.8) is 0 Å². The topological polar surface area (TPSA) is 46.5 Å². The van der Waals surface area contributed by atoms with Crippen LogP contribution < -0.4 is 0 Å². The summed E-state index contributed by atoms with van der Waals surface area (Å²) in [6, 6.07) is 0. The van der Waals surface area contributed by atoms with Crippen LogP contribution in [0.2, 0.25) is 0 Å². The van der Waals surface area contributed by atoms with E-state index in [0.717, 1.165) is 31.1 Å². The smallest absolute Gasteiger partial charge is 0.302 e. The molecule has 0 bridgehead atoms. The number of carbonyl (C=O) groups is 1. The molecule has 0 aromatic carbocycles. The summed E-state index contributed by atoms with van der Waals surface area (Å²) in [6.45, 7) is 2.30. The first kappa shape index (κ1) is 10.5. The van der Waals surface area contributed by atoms with E-state index < -0.39 is 0 Å². The zero-order valence-electron chi connectivity index (χ0n) is 8.16. The van der Waals surface area contributed by atoms with Gasteiger partial charge in [-0.3, -0.25) is 4.79 Å². The van der Waals surface area contributed by atoms with Crippen LogP contribution in [0, 0.1) is 11.8 Å². The molecular formula is C10H18O3. The highest BCUT2D eigenvalue weighted by Gasteiger charge is 2.35. The predicted octanol–water partition coefficient (Wildman–Crippen LogP) is 1.35. The van der Waals surface area contributed by atoms with Gasteiger partial charge in [-0.1, -0.05) is 0 Å².